The van der Waals surface area contributed by atoms with Gasteiger partial charge in [0.1, 0.15) is 0 Å². The number of alkyl halides is 1. The van der Waals surface area contributed by atoms with Gasteiger partial charge in [-0.3, -0.25) is 9.18 Å². The number of aromatic nitrogens is 3. The largest absolute Gasteiger partial charge is 0.343 e. The summed E-state index contributed by atoms with van der Waals surface area (Å²) < 4.78 is 14.0. The highest BCUT2D eigenvalue weighted by molar-refractivity contribution is 5.84. The van der Waals surface area contributed by atoms with E-state index in [0.717, 1.165) is 29.7 Å². The van der Waals surface area contributed by atoms with Crippen molar-refractivity contribution in [3.05, 3.63) is 53.9 Å². The molecule has 2 heterocycles. The molecule has 0 aliphatic heterocycles. The lowest BCUT2D eigenvalue weighted by atomic mass is 10.0. The third-order valence-electron chi connectivity index (χ3n) is 5.01. The van der Waals surface area contributed by atoms with Crippen LogP contribution in [0.2, 0.25) is 0 Å². The zero-order valence-electron chi connectivity index (χ0n) is 16.6. The summed E-state index contributed by atoms with van der Waals surface area (Å²) in [7, 11) is 0. The van der Waals surface area contributed by atoms with Gasteiger partial charge in [0.05, 0.1) is 18.8 Å². The highest BCUT2D eigenvalue weighted by Gasteiger charge is 2.20. The maximum atomic E-state index is 12.7. The Morgan fingerprint density at radius 2 is 1.89 bits per heavy atom. The first-order chi connectivity index (χ1) is 13.7. The van der Waals surface area contributed by atoms with Crippen molar-refractivity contribution in [1.29, 1.82) is 0 Å². The summed E-state index contributed by atoms with van der Waals surface area (Å²) in [5.74, 6) is 0.0784. The molecule has 0 fully saturated rings. The summed E-state index contributed by atoms with van der Waals surface area (Å²) in [6, 6.07) is 9.99. The van der Waals surface area contributed by atoms with E-state index in [1.165, 1.54) is 5.56 Å². The van der Waals surface area contributed by atoms with Crippen molar-refractivity contribution in [3.63, 3.8) is 0 Å². The molecular formula is C22H27FN4O. The Kier molecular flexibility index (Phi) is 6.74. The van der Waals surface area contributed by atoms with E-state index in [1.54, 1.807) is 10.7 Å². The predicted molar refractivity (Wildman–Crippen MR) is 109 cm³/mol. The van der Waals surface area contributed by atoms with Crippen molar-refractivity contribution < 1.29 is 9.18 Å². The number of fused-ring (bicyclic) bond motifs is 1. The number of benzene rings is 1. The first kappa shape index (κ1) is 20.0. The number of nitrogens with zero attached hydrogens (tertiary/aromatic N) is 4. The van der Waals surface area contributed by atoms with Gasteiger partial charge in [-0.15, -0.1) is 0 Å². The molecule has 6 heteroatoms. The number of hydrogen-bond acceptors (Lipinski definition) is 3. The van der Waals surface area contributed by atoms with Crippen LogP contribution in [0.3, 0.4) is 0 Å². The zero-order valence-corrected chi connectivity index (χ0v) is 16.6. The van der Waals surface area contributed by atoms with Gasteiger partial charge in [0.2, 0.25) is 5.91 Å². The van der Waals surface area contributed by atoms with Crippen LogP contribution in [0.4, 0.5) is 4.39 Å². The zero-order chi connectivity index (χ0) is 19.9. The van der Waals surface area contributed by atoms with E-state index in [9.17, 15) is 9.18 Å². The molecule has 2 aromatic heterocycles. The second-order valence-corrected chi connectivity index (χ2v) is 6.80. The van der Waals surface area contributed by atoms with E-state index in [1.807, 2.05) is 43.1 Å². The van der Waals surface area contributed by atoms with Gasteiger partial charge >= 0.3 is 0 Å². The molecule has 0 aliphatic carbocycles. The Morgan fingerprint density at radius 3 is 2.57 bits per heavy atom. The second-order valence-electron chi connectivity index (χ2n) is 6.80. The molecular weight excluding hydrogens is 355 g/mol. The van der Waals surface area contributed by atoms with Gasteiger partial charge in [0.25, 0.3) is 0 Å². The van der Waals surface area contributed by atoms with Crippen molar-refractivity contribution in [2.45, 2.75) is 39.5 Å². The average molecular weight is 382 g/mol. The van der Waals surface area contributed by atoms with Crippen LogP contribution in [-0.4, -0.2) is 45.2 Å². The number of aryl methyl sites for hydroxylation is 1. The van der Waals surface area contributed by atoms with Crippen LogP contribution < -0.4 is 0 Å². The first-order valence-electron chi connectivity index (χ1n) is 9.93. The van der Waals surface area contributed by atoms with Crippen LogP contribution in [0, 0.1) is 0 Å². The maximum Gasteiger partial charge on any atom is 0.227 e. The molecule has 1 amide bonds. The molecule has 5 nitrogen and oxygen atoms in total. The Bertz CT molecular complexity index is 916. The normalized spacial score (nSPS) is 11.1. The van der Waals surface area contributed by atoms with Crippen LogP contribution in [0.15, 0.2) is 42.7 Å². The summed E-state index contributed by atoms with van der Waals surface area (Å²) in [6.07, 6.45) is 6.15. The first-order valence-corrected chi connectivity index (χ1v) is 9.93. The molecule has 0 N–H and O–H groups in total. The number of hydrogen-bond donors (Lipinski definition) is 0. The van der Waals surface area contributed by atoms with E-state index in [-0.39, 0.29) is 19.0 Å². The number of carbonyl (C=O) groups excluding carboxylic acids is 1. The van der Waals surface area contributed by atoms with Crippen LogP contribution in [0.25, 0.3) is 16.9 Å². The lowest BCUT2D eigenvalue weighted by molar-refractivity contribution is -0.130. The SMILES string of the molecule is CCN(CC)C(=O)Cc1c(-c2ccc(CCCCF)cc2)nn2cccnc12. The highest BCUT2D eigenvalue weighted by atomic mass is 19.1. The van der Waals surface area contributed by atoms with Crippen molar-refractivity contribution in [3.8, 4) is 11.3 Å². The van der Waals surface area contributed by atoms with Crippen LogP contribution >= 0.6 is 0 Å². The molecule has 148 valence electrons. The summed E-state index contributed by atoms with van der Waals surface area (Å²) in [5, 5.41) is 4.69. The van der Waals surface area contributed by atoms with Gasteiger partial charge in [0, 0.05) is 36.6 Å². The molecule has 0 atom stereocenters. The van der Waals surface area contributed by atoms with Crippen molar-refractivity contribution in [1.82, 2.24) is 19.5 Å². The van der Waals surface area contributed by atoms with Crippen LogP contribution in [-0.2, 0) is 17.6 Å². The van der Waals surface area contributed by atoms with Crippen LogP contribution in [0.5, 0.6) is 0 Å². The standard InChI is InChI=1S/C22H27FN4O/c1-3-26(4-2)20(28)16-19-21(25-27-15-7-14-24-22(19)27)18-11-9-17(10-12-18)8-5-6-13-23/h7,9-12,14-15H,3-6,8,13,16H2,1-2H3. The Morgan fingerprint density at radius 1 is 1.14 bits per heavy atom. The average Bonchev–Trinajstić information content (AvgIpc) is 3.08. The van der Waals surface area contributed by atoms with E-state index < -0.39 is 0 Å². The summed E-state index contributed by atoms with van der Waals surface area (Å²) in [4.78, 5) is 19.0. The quantitative estimate of drug-likeness (QED) is 0.524. The second kappa shape index (κ2) is 9.44. The van der Waals surface area contributed by atoms with Crippen molar-refractivity contribution >= 4 is 11.6 Å². The van der Waals surface area contributed by atoms with E-state index in [2.05, 4.69) is 22.2 Å². The summed E-state index contributed by atoms with van der Waals surface area (Å²) >= 11 is 0. The molecule has 0 spiro atoms. The maximum absolute atomic E-state index is 12.7. The summed E-state index contributed by atoms with van der Waals surface area (Å²) in [6.45, 7) is 5.07. The van der Waals surface area contributed by atoms with Gasteiger partial charge < -0.3 is 4.90 Å². The summed E-state index contributed by atoms with van der Waals surface area (Å²) in [5.41, 5.74) is 4.49. The fourth-order valence-corrected chi connectivity index (χ4v) is 3.42. The molecule has 0 bridgehead atoms. The molecule has 3 aromatic rings. The van der Waals surface area contributed by atoms with E-state index in [0.29, 0.717) is 25.2 Å². The van der Waals surface area contributed by atoms with Gasteiger partial charge in [-0.1, -0.05) is 24.3 Å². The topological polar surface area (TPSA) is 50.5 Å². The molecule has 0 saturated carbocycles. The van der Waals surface area contributed by atoms with Gasteiger partial charge in [-0.2, -0.15) is 5.10 Å². The Labute approximate surface area is 165 Å². The number of unbranched alkanes of at least 4 members (excludes halogenated alkanes) is 1. The highest BCUT2D eigenvalue weighted by Crippen LogP contribution is 2.27. The number of amides is 1. The van der Waals surface area contributed by atoms with Gasteiger partial charge in [-0.25, -0.2) is 9.50 Å². The third kappa shape index (κ3) is 4.38. The third-order valence-corrected chi connectivity index (χ3v) is 5.01. The Hall–Kier alpha value is -2.76. The minimum absolute atomic E-state index is 0.0784. The number of carbonyl (C=O) groups is 1. The predicted octanol–water partition coefficient (Wildman–Crippen LogP) is 4.10. The molecule has 0 aliphatic rings. The molecule has 3 rings (SSSR count). The lowest BCUT2D eigenvalue weighted by Gasteiger charge is -2.18. The fraction of sp³-hybridized carbons (Fsp3) is 0.409. The molecule has 0 unspecified atom stereocenters. The molecule has 1 aromatic carbocycles. The van der Waals surface area contributed by atoms with Gasteiger partial charge in [-0.05, 0) is 44.7 Å². The fourth-order valence-electron chi connectivity index (χ4n) is 3.42. The van der Waals surface area contributed by atoms with Crippen LogP contribution in [0.1, 0.15) is 37.8 Å². The van der Waals surface area contributed by atoms with E-state index in [4.69, 9.17) is 0 Å². The minimum Gasteiger partial charge on any atom is -0.343 e. The smallest absolute Gasteiger partial charge is 0.227 e. The number of halogens is 1. The van der Waals surface area contributed by atoms with E-state index >= 15 is 0 Å². The molecule has 28 heavy (non-hydrogen) atoms. The molecule has 0 radical (unpaired) electrons. The van der Waals surface area contributed by atoms with Crippen molar-refractivity contribution in [2.24, 2.45) is 0 Å². The Balaban J connectivity index is 1.93. The number of rotatable bonds is 9. The molecule has 0 saturated heterocycles. The minimum atomic E-state index is -0.268. The monoisotopic (exact) mass is 382 g/mol. The lowest BCUT2D eigenvalue weighted by Crippen LogP contribution is -2.31. The number of likely N-dealkylation sites (N-methyl/N-ethyl adjacent to an activating group) is 1. The van der Waals surface area contributed by atoms with Gasteiger partial charge in [0.15, 0.2) is 5.65 Å². The van der Waals surface area contributed by atoms with Crippen molar-refractivity contribution in [2.75, 3.05) is 19.8 Å².